The van der Waals surface area contributed by atoms with E-state index in [9.17, 15) is 14.4 Å². The molecule has 0 saturated carbocycles. The molecule has 6 heteroatoms. The lowest BCUT2D eigenvalue weighted by Crippen LogP contribution is -2.30. The smallest absolute Gasteiger partial charge is 0.306 e. The van der Waals surface area contributed by atoms with Crippen molar-refractivity contribution in [3.8, 4) is 0 Å². The molecule has 0 radical (unpaired) electrons. The van der Waals surface area contributed by atoms with E-state index in [1.807, 2.05) is 0 Å². The van der Waals surface area contributed by atoms with Gasteiger partial charge in [0, 0.05) is 19.3 Å². The molecule has 0 fully saturated rings. The molecule has 0 aromatic rings. The highest BCUT2D eigenvalue weighted by molar-refractivity contribution is 5.71. The van der Waals surface area contributed by atoms with E-state index in [2.05, 4.69) is 57.2 Å². The number of esters is 3. The quantitative estimate of drug-likeness (QED) is 0.0261. The molecule has 0 amide bonds. The molecule has 0 heterocycles. The minimum absolute atomic E-state index is 0.0709. The van der Waals surface area contributed by atoms with Crippen molar-refractivity contribution >= 4 is 17.9 Å². The topological polar surface area (TPSA) is 78.9 Å². The number of hydrogen-bond acceptors (Lipinski definition) is 6. The Morgan fingerprint density at radius 1 is 0.300 bits per heavy atom. The molecule has 0 N–H and O–H groups in total. The van der Waals surface area contributed by atoms with Gasteiger partial charge in [0.2, 0.25) is 0 Å². The summed E-state index contributed by atoms with van der Waals surface area (Å²) in [7, 11) is 0. The third kappa shape index (κ3) is 56.5. The maximum absolute atomic E-state index is 12.9. The normalized spacial score (nSPS) is 12.2. The molecule has 0 aliphatic carbocycles. The van der Waals surface area contributed by atoms with Crippen molar-refractivity contribution in [3.63, 3.8) is 0 Å². The molecule has 0 aromatic carbocycles. The number of ether oxygens (including phenoxy) is 3. The van der Waals surface area contributed by atoms with Gasteiger partial charge in [-0.2, -0.15) is 0 Å². The number of unbranched alkanes of at least 4 members (excludes halogenated alkanes) is 40. The van der Waals surface area contributed by atoms with Crippen LogP contribution in [0.1, 0.15) is 335 Å². The number of hydrogen-bond donors (Lipinski definition) is 0. The van der Waals surface area contributed by atoms with Gasteiger partial charge in [-0.3, -0.25) is 14.4 Å². The van der Waals surface area contributed by atoms with Crippen LogP contribution in [0.15, 0.2) is 36.5 Å². The lowest BCUT2D eigenvalue weighted by Gasteiger charge is -2.18. The zero-order valence-electron chi connectivity index (χ0n) is 47.1. The zero-order valence-corrected chi connectivity index (χ0v) is 47.1. The summed E-state index contributed by atoms with van der Waals surface area (Å²) in [6.07, 6.45) is 71.4. The number of carbonyl (C=O) groups excluding carboxylic acids is 3. The van der Waals surface area contributed by atoms with Gasteiger partial charge < -0.3 is 14.2 Å². The first kappa shape index (κ1) is 67.6. The molecule has 1 atom stereocenters. The van der Waals surface area contributed by atoms with Crippen molar-refractivity contribution in [3.05, 3.63) is 36.5 Å². The molecule has 1 unspecified atom stereocenters. The number of carbonyl (C=O) groups is 3. The first-order valence-corrected chi connectivity index (χ1v) is 31.0. The van der Waals surface area contributed by atoms with Crippen LogP contribution < -0.4 is 0 Å². The third-order valence-corrected chi connectivity index (χ3v) is 13.9. The monoisotopic (exact) mass is 983 g/mol. The molecule has 0 aromatic heterocycles. The van der Waals surface area contributed by atoms with Crippen LogP contribution in [0.2, 0.25) is 0 Å². The summed E-state index contributed by atoms with van der Waals surface area (Å²) in [5.41, 5.74) is 0. The van der Waals surface area contributed by atoms with Gasteiger partial charge in [-0.25, -0.2) is 0 Å². The first-order chi connectivity index (χ1) is 34.5. The number of allylic oxidation sites excluding steroid dienone is 6. The second-order valence-electron chi connectivity index (χ2n) is 21.0. The molecule has 70 heavy (non-hydrogen) atoms. The van der Waals surface area contributed by atoms with Gasteiger partial charge in [0.05, 0.1) is 0 Å². The molecule has 0 aliphatic heterocycles. The largest absolute Gasteiger partial charge is 0.462 e. The van der Waals surface area contributed by atoms with Crippen LogP contribution in [-0.2, 0) is 28.6 Å². The summed E-state index contributed by atoms with van der Waals surface area (Å²) in [4.78, 5) is 38.3. The minimum Gasteiger partial charge on any atom is -0.462 e. The predicted molar refractivity (Wildman–Crippen MR) is 302 cm³/mol. The highest BCUT2D eigenvalue weighted by Gasteiger charge is 2.19. The van der Waals surface area contributed by atoms with E-state index >= 15 is 0 Å². The fourth-order valence-corrected chi connectivity index (χ4v) is 9.28. The van der Waals surface area contributed by atoms with Crippen molar-refractivity contribution in [2.75, 3.05) is 13.2 Å². The predicted octanol–water partition coefficient (Wildman–Crippen LogP) is 20.8. The molecule has 6 nitrogen and oxygen atoms in total. The summed E-state index contributed by atoms with van der Waals surface area (Å²) >= 11 is 0. The Balaban J connectivity index is 4.33. The molecular formula is C64H118O6. The lowest BCUT2D eigenvalue weighted by molar-refractivity contribution is -0.167. The van der Waals surface area contributed by atoms with Crippen LogP contribution in [0.25, 0.3) is 0 Å². The third-order valence-electron chi connectivity index (χ3n) is 13.9. The standard InChI is InChI=1S/C64H118O6/c1-4-7-10-13-16-19-22-25-28-31-34-36-39-42-45-48-51-54-57-63(66)69-60-61(70-64(67)58-55-52-49-46-43-40-37-33-30-27-24-21-18-15-12-9-6-3)59-68-62(65)56-53-50-47-44-41-38-35-32-29-26-23-20-17-14-11-8-5-2/h9,12,18,21,27,30,61H,4-8,10-11,13-17,19-20,22-26,28-29,31-60H2,1-3H3/b12-9-,21-18-,30-27-. The Hall–Kier alpha value is -2.37. The van der Waals surface area contributed by atoms with Crippen molar-refractivity contribution < 1.29 is 28.6 Å². The van der Waals surface area contributed by atoms with E-state index in [1.165, 1.54) is 212 Å². The SMILES string of the molecule is CC/C=C\C/C=C\C/C=C\CCCCCCCCCC(=O)OC(COC(=O)CCCCCCCCCCCCCCCCCCC)COC(=O)CCCCCCCCCCCCCCCCCCCC. The Labute approximate surface area is 435 Å². The Bertz CT molecular complexity index is 1170. The molecule has 0 saturated heterocycles. The van der Waals surface area contributed by atoms with Gasteiger partial charge in [-0.15, -0.1) is 0 Å². The molecule has 0 bridgehead atoms. The fraction of sp³-hybridized carbons (Fsp3) is 0.859. The maximum Gasteiger partial charge on any atom is 0.306 e. The average Bonchev–Trinajstić information content (AvgIpc) is 3.36. The Morgan fingerprint density at radius 2 is 0.557 bits per heavy atom. The molecular weight excluding hydrogens is 865 g/mol. The van der Waals surface area contributed by atoms with Crippen LogP contribution in [-0.4, -0.2) is 37.2 Å². The summed E-state index contributed by atoms with van der Waals surface area (Å²) < 4.78 is 16.9. The van der Waals surface area contributed by atoms with Crippen LogP contribution >= 0.6 is 0 Å². The Kier molecular flexibility index (Phi) is 57.2. The van der Waals surface area contributed by atoms with Crippen molar-refractivity contribution in [2.24, 2.45) is 0 Å². The van der Waals surface area contributed by atoms with Gasteiger partial charge in [0.15, 0.2) is 6.10 Å². The second-order valence-corrected chi connectivity index (χ2v) is 21.0. The molecule has 410 valence electrons. The fourth-order valence-electron chi connectivity index (χ4n) is 9.28. The highest BCUT2D eigenvalue weighted by atomic mass is 16.6. The zero-order chi connectivity index (χ0) is 50.7. The van der Waals surface area contributed by atoms with Gasteiger partial charge >= 0.3 is 17.9 Å². The van der Waals surface area contributed by atoms with E-state index in [4.69, 9.17) is 14.2 Å². The summed E-state index contributed by atoms with van der Waals surface area (Å²) in [5, 5.41) is 0. The van der Waals surface area contributed by atoms with Gasteiger partial charge in [-0.05, 0) is 51.4 Å². The van der Waals surface area contributed by atoms with Gasteiger partial charge in [-0.1, -0.05) is 301 Å². The Morgan fingerprint density at radius 3 is 0.871 bits per heavy atom. The van der Waals surface area contributed by atoms with Crippen molar-refractivity contribution in [2.45, 2.75) is 341 Å². The lowest BCUT2D eigenvalue weighted by atomic mass is 10.0. The first-order valence-electron chi connectivity index (χ1n) is 31.0. The van der Waals surface area contributed by atoms with E-state index in [1.54, 1.807) is 0 Å². The molecule has 0 spiro atoms. The van der Waals surface area contributed by atoms with Gasteiger partial charge in [0.25, 0.3) is 0 Å². The van der Waals surface area contributed by atoms with E-state index < -0.39 is 6.10 Å². The summed E-state index contributed by atoms with van der Waals surface area (Å²) in [5.74, 6) is -0.856. The van der Waals surface area contributed by atoms with E-state index in [0.717, 1.165) is 83.5 Å². The van der Waals surface area contributed by atoms with Crippen molar-refractivity contribution in [1.29, 1.82) is 0 Å². The van der Waals surface area contributed by atoms with Crippen LogP contribution in [0, 0.1) is 0 Å². The van der Waals surface area contributed by atoms with Gasteiger partial charge in [0.1, 0.15) is 13.2 Å². The maximum atomic E-state index is 12.9. The molecule has 0 aliphatic rings. The van der Waals surface area contributed by atoms with E-state index in [0.29, 0.717) is 19.3 Å². The average molecular weight is 984 g/mol. The molecule has 0 rings (SSSR count). The highest BCUT2D eigenvalue weighted by Crippen LogP contribution is 2.18. The van der Waals surface area contributed by atoms with E-state index in [-0.39, 0.29) is 31.1 Å². The van der Waals surface area contributed by atoms with Crippen LogP contribution in [0.3, 0.4) is 0 Å². The van der Waals surface area contributed by atoms with Crippen LogP contribution in [0.4, 0.5) is 0 Å². The summed E-state index contributed by atoms with van der Waals surface area (Å²) in [6, 6.07) is 0. The second kappa shape index (κ2) is 59.2. The van der Waals surface area contributed by atoms with Crippen molar-refractivity contribution in [1.82, 2.24) is 0 Å². The number of rotatable bonds is 57. The van der Waals surface area contributed by atoms with Crippen LogP contribution in [0.5, 0.6) is 0 Å². The minimum atomic E-state index is -0.774. The summed E-state index contributed by atoms with van der Waals surface area (Å²) in [6.45, 7) is 6.59.